The number of anilines is 1. The summed E-state index contributed by atoms with van der Waals surface area (Å²) < 4.78 is 1.99. The van der Waals surface area contributed by atoms with Crippen molar-refractivity contribution < 1.29 is 9.59 Å². The minimum atomic E-state index is -0.261. The summed E-state index contributed by atoms with van der Waals surface area (Å²) >= 11 is 0. The largest absolute Gasteiger partial charge is 0.349 e. The molecule has 150 valence electrons. The average molecular weight is 390 g/mol. The van der Waals surface area contributed by atoms with Gasteiger partial charge in [-0.05, 0) is 64.8 Å². The van der Waals surface area contributed by atoms with Gasteiger partial charge in [-0.25, -0.2) is 4.98 Å². The van der Waals surface area contributed by atoms with E-state index in [9.17, 15) is 9.59 Å². The number of pyridine rings is 1. The van der Waals surface area contributed by atoms with Gasteiger partial charge < -0.3 is 15.2 Å². The Morgan fingerprint density at radius 3 is 2.34 bits per heavy atom. The SMILES string of the molecule is Cc1ccc(C(=O)Nc2ccc3c(C(=O)NC4CC4)cn(C(C)(C)C)c3n2)cc1. The lowest BCUT2D eigenvalue weighted by Crippen LogP contribution is -2.25. The van der Waals surface area contributed by atoms with Gasteiger partial charge in [0, 0.05) is 28.7 Å². The summed E-state index contributed by atoms with van der Waals surface area (Å²) in [6, 6.07) is 11.3. The summed E-state index contributed by atoms with van der Waals surface area (Å²) in [5.74, 6) is 0.178. The molecule has 1 aliphatic rings. The first kappa shape index (κ1) is 19.2. The van der Waals surface area contributed by atoms with Gasteiger partial charge >= 0.3 is 0 Å². The Hall–Kier alpha value is -3.15. The second kappa shape index (κ2) is 7.03. The van der Waals surface area contributed by atoms with Crippen LogP contribution in [0.2, 0.25) is 0 Å². The van der Waals surface area contributed by atoms with Crippen molar-refractivity contribution in [2.45, 2.75) is 52.1 Å². The zero-order valence-electron chi connectivity index (χ0n) is 17.2. The highest BCUT2D eigenvalue weighted by molar-refractivity contribution is 6.08. The van der Waals surface area contributed by atoms with E-state index in [4.69, 9.17) is 0 Å². The van der Waals surface area contributed by atoms with Gasteiger partial charge in [0.1, 0.15) is 11.5 Å². The quantitative estimate of drug-likeness (QED) is 0.699. The Morgan fingerprint density at radius 1 is 1.03 bits per heavy atom. The first-order valence-corrected chi connectivity index (χ1v) is 9.94. The molecule has 0 unspecified atom stereocenters. The number of rotatable bonds is 4. The third kappa shape index (κ3) is 4.01. The molecule has 1 aromatic carbocycles. The van der Waals surface area contributed by atoms with Crippen LogP contribution in [0.3, 0.4) is 0 Å². The van der Waals surface area contributed by atoms with E-state index in [0.717, 1.165) is 23.8 Å². The number of aromatic nitrogens is 2. The predicted molar refractivity (Wildman–Crippen MR) is 114 cm³/mol. The Balaban J connectivity index is 1.69. The number of carbonyl (C=O) groups is 2. The molecule has 0 saturated heterocycles. The lowest BCUT2D eigenvalue weighted by atomic mass is 10.1. The maximum Gasteiger partial charge on any atom is 0.256 e. The van der Waals surface area contributed by atoms with Crippen LogP contribution < -0.4 is 10.6 Å². The fourth-order valence-corrected chi connectivity index (χ4v) is 3.25. The number of nitrogens with one attached hydrogen (secondary N) is 2. The van der Waals surface area contributed by atoms with Crippen molar-refractivity contribution in [2.24, 2.45) is 0 Å². The summed E-state index contributed by atoms with van der Waals surface area (Å²) in [5.41, 5.74) is 2.71. The van der Waals surface area contributed by atoms with Gasteiger partial charge in [0.05, 0.1) is 5.56 Å². The van der Waals surface area contributed by atoms with Crippen molar-refractivity contribution in [2.75, 3.05) is 5.32 Å². The van der Waals surface area contributed by atoms with Gasteiger partial charge in [0.2, 0.25) is 0 Å². The van der Waals surface area contributed by atoms with Crippen LogP contribution in [-0.4, -0.2) is 27.4 Å². The van der Waals surface area contributed by atoms with Crippen molar-refractivity contribution in [1.82, 2.24) is 14.9 Å². The van der Waals surface area contributed by atoms with Crippen LogP contribution >= 0.6 is 0 Å². The highest BCUT2D eigenvalue weighted by atomic mass is 16.2. The van der Waals surface area contributed by atoms with Crippen molar-refractivity contribution in [3.8, 4) is 0 Å². The van der Waals surface area contributed by atoms with Crippen LogP contribution in [0.5, 0.6) is 0 Å². The molecule has 1 saturated carbocycles. The zero-order chi connectivity index (χ0) is 20.8. The Morgan fingerprint density at radius 2 is 1.72 bits per heavy atom. The van der Waals surface area contributed by atoms with E-state index in [2.05, 4.69) is 36.4 Å². The number of hydrogen-bond acceptors (Lipinski definition) is 3. The molecule has 0 bridgehead atoms. The maximum atomic E-state index is 12.7. The lowest BCUT2D eigenvalue weighted by molar-refractivity contribution is 0.0951. The molecule has 2 heterocycles. The van der Waals surface area contributed by atoms with Crippen LogP contribution in [0.15, 0.2) is 42.6 Å². The van der Waals surface area contributed by atoms with E-state index >= 15 is 0 Å². The lowest BCUT2D eigenvalue weighted by Gasteiger charge is -2.22. The summed E-state index contributed by atoms with van der Waals surface area (Å²) in [6.07, 6.45) is 3.94. The average Bonchev–Trinajstić information content (AvgIpc) is 3.38. The van der Waals surface area contributed by atoms with E-state index < -0.39 is 0 Å². The molecule has 0 spiro atoms. The second-order valence-electron chi connectivity index (χ2n) is 8.72. The van der Waals surface area contributed by atoms with E-state index in [1.54, 1.807) is 18.2 Å². The van der Waals surface area contributed by atoms with Crippen LogP contribution in [0.1, 0.15) is 59.9 Å². The van der Waals surface area contributed by atoms with Crippen LogP contribution in [0.25, 0.3) is 11.0 Å². The van der Waals surface area contributed by atoms with Gasteiger partial charge in [-0.15, -0.1) is 0 Å². The molecule has 6 nitrogen and oxygen atoms in total. The monoisotopic (exact) mass is 390 g/mol. The van der Waals surface area contributed by atoms with Crippen LogP contribution in [-0.2, 0) is 5.54 Å². The molecule has 3 aromatic rings. The zero-order valence-corrected chi connectivity index (χ0v) is 17.2. The molecule has 2 amide bonds. The number of aryl methyl sites for hydroxylation is 1. The van der Waals surface area contributed by atoms with Crippen LogP contribution in [0.4, 0.5) is 5.82 Å². The smallest absolute Gasteiger partial charge is 0.256 e. The molecule has 29 heavy (non-hydrogen) atoms. The number of nitrogens with zero attached hydrogens (tertiary/aromatic N) is 2. The summed E-state index contributed by atoms with van der Waals surface area (Å²) in [4.78, 5) is 29.9. The van der Waals surface area contributed by atoms with Gasteiger partial charge in [0.25, 0.3) is 11.8 Å². The topological polar surface area (TPSA) is 76.0 Å². The third-order valence-corrected chi connectivity index (χ3v) is 5.09. The van der Waals surface area contributed by atoms with E-state index in [1.807, 2.05) is 35.9 Å². The van der Waals surface area contributed by atoms with E-state index in [-0.39, 0.29) is 23.4 Å². The summed E-state index contributed by atoms with van der Waals surface area (Å²) in [7, 11) is 0. The van der Waals surface area contributed by atoms with E-state index in [1.165, 1.54) is 0 Å². The number of fused-ring (bicyclic) bond motifs is 1. The minimum Gasteiger partial charge on any atom is -0.349 e. The number of amides is 2. The Bertz CT molecular complexity index is 1090. The van der Waals surface area contributed by atoms with Gasteiger partial charge in [-0.2, -0.15) is 0 Å². The minimum absolute atomic E-state index is 0.0706. The first-order valence-electron chi connectivity index (χ1n) is 9.94. The highest BCUT2D eigenvalue weighted by Crippen LogP contribution is 2.29. The van der Waals surface area contributed by atoms with Gasteiger partial charge in [0.15, 0.2) is 0 Å². The molecule has 0 aliphatic heterocycles. The first-order chi connectivity index (χ1) is 13.7. The number of carbonyl (C=O) groups excluding carboxylic acids is 2. The molecular formula is C23H26N4O2. The fourth-order valence-electron chi connectivity index (χ4n) is 3.25. The normalized spacial score (nSPS) is 14.1. The number of benzene rings is 1. The van der Waals surface area contributed by atoms with Crippen molar-refractivity contribution in [3.05, 3.63) is 59.3 Å². The molecule has 6 heteroatoms. The molecule has 1 fully saturated rings. The molecular weight excluding hydrogens is 364 g/mol. The van der Waals surface area contributed by atoms with Crippen molar-refractivity contribution in [1.29, 1.82) is 0 Å². The highest BCUT2D eigenvalue weighted by Gasteiger charge is 2.27. The molecule has 2 N–H and O–H groups in total. The van der Waals surface area contributed by atoms with E-state index in [0.29, 0.717) is 22.6 Å². The van der Waals surface area contributed by atoms with Gasteiger partial charge in [-0.3, -0.25) is 9.59 Å². The summed E-state index contributed by atoms with van der Waals surface area (Å²) in [5, 5.41) is 6.70. The van der Waals surface area contributed by atoms with Crippen molar-refractivity contribution >= 4 is 28.7 Å². The number of hydrogen-bond donors (Lipinski definition) is 2. The molecule has 1 aliphatic carbocycles. The molecule has 0 atom stereocenters. The van der Waals surface area contributed by atoms with Gasteiger partial charge in [-0.1, -0.05) is 17.7 Å². The third-order valence-electron chi connectivity index (χ3n) is 5.09. The predicted octanol–water partition coefficient (Wildman–Crippen LogP) is 4.24. The second-order valence-corrected chi connectivity index (χ2v) is 8.72. The molecule has 0 radical (unpaired) electrons. The fraction of sp³-hybridized carbons (Fsp3) is 0.348. The van der Waals surface area contributed by atoms with Crippen LogP contribution in [0, 0.1) is 6.92 Å². The van der Waals surface area contributed by atoms with Crippen molar-refractivity contribution in [3.63, 3.8) is 0 Å². The maximum absolute atomic E-state index is 12.7. The Labute approximate surface area is 170 Å². The standard InChI is InChI=1S/C23H26N4O2/c1-14-5-7-15(8-6-14)21(28)26-19-12-11-17-18(22(29)24-16-9-10-16)13-27(20(17)25-19)23(2,3)4/h5-8,11-13,16H,9-10H2,1-4H3,(H,24,29)(H,25,26,28). The summed E-state index contributed by atoms with van der Waals surface area (Å²) in [6.45, 7) is 8.17. The molecule has 2 aromatic heterocycles. The Kier molecular flexibility index (Phi) is 4.65. The molecule has 4 rings (SSSR count).